The molecule has 0 aliphatic heterocycles. The molecule has 0 aliphatic rings. The Morgan fingerprint density at radius 2 is 0.540 bits per heavy atom. The molecule has 0 aliphatic carbocycles. The Labute approximate surface area is 297 Å². The second-order valence-corrected chi connectivity index (χ2v) is 13.1. The molecule has 0 heterocycles. The molecule has 0 atom stereocenters. The fourth-order valence-electron chi connectivity index (χ4n) is 6.76. The van der Waals surface area contributed by atoms with Gasteiger partial charge in [-0.05, 0) is 143 Å². The van der Waals surface area contributed by atoms with Gasteiger partial charge in [0.1, 0.15) is 0 Å². The molecule has 7 aromatic carbocycles. The van der Waals surface area contributed by atoms with Gasteiger partial charge in [0.05, 0.1) is 0 Å². The van der Waals surface area contributed by atoms with Crippen LogP contribution in [-0.4, -0.2) is 0 Å². The maximum absolute atomic E-state index is 2.34. The maximum Gasteiger partial charge on any atom is 0.0490 e. The molecule has 0 saturated heterocycles. The molecular weight excluding hydrogens is 607 g/mol. The van der Waals surface area contributed by atoms with Gasteiger partial charge in [-0.3, -0.25) is 0 Å². The standard InChI is InChI=1S/C47H43N3/c1-34-16-20-41(21-17-34)48(42-22-26-44(27-23-42)49(39-12-8-6-9-13-39)46-30-18-35(2)32-37(46)4)43-24-28-45(29-25-43)50(40-14-10-7-11-15-40)47-31-19-36(3)33-38(47)5/h6-33H,1-5H3. The van der Waals surface area contributed by atoms with E-state index in [1.165, 1.54) is 39.2 Å². The Kier molecular flexibility index (Phi) is 9.22. The summed E-state index contributed by atoms with van der Waals surface area (Å²) in [5, 5.41) is 0. The van der Waals surface area contributed by atoms with Crippen molar-refractivity contribution in [3.63, 3.8) is 0 Å². The molecule has 0 unspecified atom stereocenters. The topological polar surface area (TPSA) is 9.72 Å². The van der Waals surface area contributed by atoms with E-state index in [2.05, 4.69) is 219 Å². The van der Waals surface area contributed by atoms with Gasteiger partial charge in [-0.15, -0.1) is 0 Å². The van der Waals surface area contributed by atoms with Crippen LogP contribution in [0.2, 0.25) is 0 Å². The van der Waals surface area contributed by atoms with Crippen LogP contribution in [-0.2, 0) is 0 Å². The van der Waals surface area contributed by atoms with E-state index in [4.69, 9.17) is 0 Å². The number of benzene rings is 7. The first-order valence-corrected chi connectivity index (χ1v) is 17.3. The van der Waals surface area contributed by atoms with Crippen LogP contribution in [0.5, 0.6) is 0 Å². The van der Waals surface area contributed by atoms with Crippen molar-refractivity contribution in [2.45, 2.75) is 34.6 Å². The minimum atomic E-state index is 1.09. The third-order valence-corrected chi connectivity index (χ3v) is 9.24. The number of anilines is 9. The van der Waals surface area contributed by atoms with Crippen molar-refractivity contribution >= 4 is 51.2 Å². The van der Waals surface area contributed by atoms with Crippen molar-refractivity contribution < 1.29 is 0 Å². The number of para-hydroxylation sites is 2. The molecule has 0 N–H and O–H groups in total. The summed E-state index contributed by atoms with van der Waals surface area (Å²) in [5.41, 5.74) is 16.4. The van der Waals surface area contributed by atoms with E-state index >= 15 is 0 Å². The number of nitrogens with zero attached hydrogens (tertiary/aromatic N) is 3. The van der Waals surface area contributed by atoms with E-state index in [1.807, 2.05) is 0 Å². The summed E-state index contributed by atoms with van der Waals surface area (Å²) in [6, 6.07) is 61.2. The highest BCUT2D eigenvalue weighted by Crippen LogP contribution is 2.42. The summed E-state index contributed by atoms with van der Waals surface area (Å²) in [6.07, 6.45) is 0. The average molecular weight is 650 g/mol. The molecular formula is C47H43N3. The third kappa shape index (κ3) is 6.76. The van der Waals surface area contributed by atoms with E-state index in [9.17, 15) is 0 Å². The average Bonchev–Trinajstić information content (AvgIpc) is 3.13. The molecule has 50 heavy (non-hydrogen) atoms. The van der Waals surface area contributed by atoms with Crippen molar-refractivity contribution in [2.75, 3.05) is 14.7 Å². The van der Waals surface area contributed by atoms with Crippen molar-refractivity contribution in [2.24, 2.45) is 0 Å². The maximum atomic E-state index is 2.34. The summed E-state index contributed by atoms with van der Waals surface area (Å²) in [5.74, 6) is 0. The number of aryl methyl sites for hydroxylation is 5. The van der Waals surface area contributed by atoms with E-state index in [0.717, 1.165) is 39.8 Å². The smallest absolute Gasteiger partial charge is 0.0490 e. The van der Waals surface area contributed by atoms with Crippen LogP contribution in [0, 0.1) is 34.6 Å². The molecule has 0 bridgehead atoms. The predicted molar refractivity (Wildman–Crippen MR) is 214 cm³/mol. The molecule has 7 aromatic rings. The van der Waals surface area contributed by atoms with Gasteiger partial charge in [0.25, 0.3) is 0 Å². The Hall–Kier alpha value is -6.06. The molecule has 0 saturated carbocycles. The van der Waals surface area contributed by atoms with Crippen molar-refractivity contribution in [1.29, 1.82) is 0 Å². The zero-order valence-electron chi connectivity index (χ0n) is 29.5. The Balaban J connectivity index is 1.29. The summed E-state index contributed by atoms with van der Waals surface area (Å²) < 4.78 is 0. The summed E-state index contributed by atoms with van der Waals surface area (Å²) in [4.78, 5) is 7.02. The number of hydrogen-bond acceptors (Lipinski definition) is 3. The van der Waals surface area contributed by atoms with Crippen molar-refractivity contribution in [1.82, 2.24) is 0 Å². The Bertz CT molecular complexity index is 2050. The quantitative estimate of drug-likeness (QED) is 0.154. The molecule has 0 fully saturated rings. The largest absolute Gasteiger partial charge is 0.311 e. The van der Waals surface area contributed by atoms with Gasteiger partial charge in [0.15, 0.2) is 0 Å². The highest BCUT2D eigenvalue weighted by Gasteiger charge is 2.19. The van der Waals surface area contributed by atoms with E-state index in [-0.39, 0.29) is 0 Å². The third-order valence-electron chi connectivity index (χ3n) is 9.24. The second-order valence-electron chi connectivity index (χ2n) is 13.1. The normalized spacial score (nSPS) is 10.9. The molecule has 0 radical (unpaired) electrons. The van der Waals surface area contributed by atoms with Gasteiger partial charge in [-0.2, -0.15) is 0 Å². The van der Waals surface area contributed by atoms with Gasteiger partial charge in [-0.25, -0.2) is 0 Å². The van der Waals surface area contributed by atoms with Crippen LogP contribution < -0.4 is 14.7 Å². The lowest BCUT2D eigenvalue weighted by Crippen LogP contribution is -2.14. The lowest BCUT2D eigenvalue weighted by Gasteiger charge is -2.30. The van der Waals surface area contributed by atoms with E-state index < -0.39 is 0 Å². The zero-order chi connectivity index (χ0) is 34.6. The van der Waals surface area contributed by atoms with Crippen LogP contribution in [0.3, 0.4) is 0 Å². The fraction of sp³-hybridized carbons (Fsp3) is 0.106. The molecule has 7 rings (SSSR count). The number of hydrogen-bond donors (Lipinski definition) is 0. The van der Waals surface area contributed by atoms with Crippen molar-refractivity contribution in [3.05, 3.63) is 198 Å². The molecule has 0 spiro atoms. The summed E-state index contributed by atoms with van der Waals surface area (Å²) in [7, 11) is 0. The molecule has 3 heteroatoms. The fourth-order valence-corrected chi connectivity index (χ4v) is 6.76. The van der Waals surface area contributed by atoms with E-state index in [1.54, 1.807) is 0 Å². The van der Waals surface area contributed by atoms with Gasteiger partial charge >= 0.3 is 0 Å². The Morgan fingerprint density at radius 3 is 0.880 bits per heavy atom. The van der Waals surface area contributed by atoms with Crippen LogP contribution in [0.4, 0.5) is 51.2 Å². The van der Waals surface area contributed by atoms with Crippen LogP contribution in [0.25, 0.3) is 0 Å². The van der Waals surface area contributed by atoms with Crippen LogP contribution in [0.15, 0.2) is 170 Å². The molecule has 0 aromatic heterocycles. The summed E-state index contributed by atoms with van der Waals surface area (Å²) in [6.45, 7) is 10.8. The number of rotatable bonds is 9. The minimum absolute atomic E-state index is 1.09. The van der Waals surface area contributed by atoms with Gasteiger partial charge in [-0.1, -0.05) is 89.5 Å². The van der Waals surface area contributed by atoms with Crippen LogP contribution in [0.1, 0.15) is 27.8 Å². The summed E-state index contributed by atoms with van der Waals surface area (Å²) >= 11 is 0. The second kappa shape index (κ2) is 14.2. The minimum Gasteiger partial charge on any atom is -0.311 e. The first kappa shape index (κ1) is 32.5. The first-order chi connectivity index (χ1) is 24.4. The molecule has 246 valence electrons. The highest BCUT2D eigenvalue weighted by molar-refractivity contribution is 5.84. The van der Waals surface area contributed by atoms with Crippen molar-refractivity contribution in [3.8, 4) is 0 Å². The molecule has 3 nitrogen and oxygen atoms in total. The zero-order valence-corrected chi connectivity index (χ0v) is 29.5. The first-order valence-electron chi connectivity index (χ1n) is 17.3. The van der Waals surface area contributed by atoms with E-state index in [0.29, 0.717) is 0 Å². The highest BCUT2D eigenvalue weighted by atomic mass is 15.2. The lowest BCUT2D eigenvalue weighted by atomic mass is 10.1. The molecule has 0 amide bonds. The van der Waals surface area contributed by atoms with Gasteiger partial charge in [0, 0.05) is 51.2 Å². The van der Waals surface area contributed by atoms with Crippen LogP contribution >= 0.6 is 0 Å². The van der Waals surface area contributed by atoms with Gasteiger partial charge < -0.3 is 14.7 Å². The SMILES string of the molecule is Cc1ccc(N(c2ccc(N(c3ccccc3)c3ccc(C)cc3C)cc2)c2ccc(N(c3ccccc3)c3ccc(C)cc3C)cc2)cc1. The Morgan fingerprint density at radius 1 is 0.260 bits per heavy atom. The monoisotopic (exact) mass is 649 g/mol. The van der Waals surface area contributed by atoms with Gasteiger partial charge in [0.2, 0.25) is 0 Å². The lowest BCUT2D eigenvalue weighted by molar-refractivity contribution is 1.22. The predicted octanol–water partition coefficient (Wildman–Crippen LogP) is 13.6.